The van der Waals surface area contributed by atoms with Crippen molar-refractivity contribution in [1.29, 1.82) is 0 Å². The van der Waals surface area contributed by atoms with Crippen LogP contribution in [0.2, 0.25) is 0 Å². The lowest BCUT2D eigenvalue weighted by Crippen LogP contribution is -2.43. The van der Waals surface area contributed by atoms with Gasteiger partial charge >= 0.3 is 0 Å². The Labute approximate surface area is 119 Å². The molecule has 1 saturated heterocycles. The van der Waals surface area contributed by atoms with Gasteiger partial charge in [-0.15, -0.1) is 23.4 Å². The maximum atomic E-state index is 5.79. The normalized spacial score (nSPS) is 21.1. The molecule has 0 spiro atoms. The Bertz CT molecular complexity index is 357. The third-order valence-electron chi connectivity index (χ3n) is 3.18. The van der Waals surface area contributed by atoms with Gasteiger partial charge in [0.15, 0.2) is 0 Å². The number of benzene rings is 1. The number of nitrogens with zero attached hydrogens (tertiary/aromatic N) is 1. The molecular weight excluding hydrogens is 266 g/mol. The molecule has 0 aromatic heterocycles. The molecule has 0 amide bonds. The van der Waals surface area contributed by atoms with E-state index in [0.29, 0.717) is 12.0 Å². The van der Waals surface area contributed by atoms with E-state index in [4.69, 9.17) is 16.3 Å². The lowest BCUT2D eigenvalue weighted by molar-refractivity contribution is -0.0137. The Morgan fingerprint density at radius 1 is 1.39 bits per heavy atom. The summed E-state index contributed by atoms with van der Waals surface area (Å²) in [5, 5.41) is 0. The molecule has 100 valence electrons. The number of hydrogen-bond acceptors (Lipinski definition) is 3. The number of thioether (sulfide) groups is 1. The zero-order valence-corrected chi connectivity index (χ0v) is 12.3. The van der Waals surface area contributed by atoms with E-state index in [9.17, 15) is 0 Å². The molecule has 0 bridgehead atoms. The average Bonchev–Trinajstić information content (AvgIpc) is 2.46. The van der Waals surface area contributed by atoms with E-state index in [1.807, 2.05) is 11.8 Å². The summed E-state index contributed by atoms with van der Waals surface area (Å²) in [5.41, 5.74) is 1.17. The Morgan fingerprint density at radius 2 is 2.17 bits per heavy atom. The number of alkyl halides is 1. The Balaban J connectivity index is 1.79. The largest absolute Gasteiger partial charge is 0.375 e. The van der Waals surface area contributed by atoms with E-state index in [1.54, 1.807) is 0 Å². The molecule has 1 aromatic rings. The third kappa shape index (κ3) is 4.16. The quantitative estimate of drug-likeness (QED) is 0.609. The van der Waals surface area contributed by atoms with Crippen LogP contribution in [0.4, 0.5) is 0 Å². The van der Waals surface area contributed by atoms with Crippen LogP contribution < -0.4 is 0 Å². The zero-order valence-electron chi connectivity index (χ0n) is 10.8. The van der Waals surface area contributed by atoms with Gasteiger partial charge in [-0.25, -0.2) is 0 Å². The van der Waals surface area contributed by atoms with Crippen molar-refractivity contribution >= 4 is 23.4 Å². The van der Waals surface area contributed by atoms with E-state index in [-0.39, 0.29) is 0 Å². The first-order valence-electron chi connectivity index (χ1n) is 6.43. The van der Waals surface area contributed by atoms with Crippen LogP contribution in [-0.4, -0.2) is 43.0 Å². The molecule has 18 heavy (non-hydrogen) atoms. The van der Waals surface area contributed by atoms with Gasteiger partial charge in [0.2, 0.25) is 0 Å². The maximum absolute atomic E-state index is 5.79. The van der Waals surface area contributed by atoms with Crippen molar-refractivity contribution in [1.82, 2.24) is 4.90 Å². The SMILES string of the molecule is CCN1CCOC(CSc2ccc(CCl)cc2)C1. The summed E-state index contributed by atoms with van der Waals surface area (Å²) < 4.78 is 5.79. The summed E-state index contributed by atoms with van der Waals surface area (Å²) in [7, 11) is 0. The topological polar surface area (TPSA) is 12.5 Å². The van der Waals surface area contributed by atoms with Crippen molar-refractivity contribution in [3.8, 4) is 0 Å². The summed E-state index contributed by atoms with van der Waals surface area (Å²) in [4.78, 5) is 3.74. The van der Waals surface area contributed by atoms with Crippen molar-refractivity contribution in [3.05, 3.63) is 29.8 Å². The number of likely N-dealkylation sites (N-methyl/N-ethyl adjacent to an activating group) is 1. The highest BCUT2D eigenvalue weighted by atomic mass is 35.5. The summed E-state index contributed by atoms with van der Waals surface area (Å²) >= 11 is 7.64. The zero-order chi connectivity index (χ0) is 12.8. The van der Waals surface area contributed by atoms with Crippen LogP contribution >= 0.6 is 23.4 Å². The van der Waals surface area contributed by atoms with E-state index < -0.39 is 0 Å². The minimum Gasteiger partial charge on any atom is -0.375 e. The van der Waals surface area contributed by atoms with Crippen LogP contribution in [0.5, 0.6) is 0 Å². The highest BCUT2D eigenvalue weighted by Gasteiger charge is 2.19. The van der Waals surface area contributed by atoms with Crippen LogP contribution in [0.15, 0.2) is 29.2 Å². The Kier molecular flexibility index (Phi) is 5.83. The van der Waals surface area contributed by atoms with Crippen molar-refractivity contribution in [2.75, 3.05) is 32.0 Å². The Hall–Kier alpha value is -0.220. The minimum atomic E-state index is 0.358. The molecular formula is C14H20ClNOS. The maximum Gasteiger partial charge on any atom is 0.0796 e. The second kappa shape index (κ2) is 7.39. The van der Waals surface area contributed by atoms with Gasteiger partial charge in [0.05, 0.1) is 12.7 Å². The standard InChI is InChI=1S/C14H20ClNOS/c1-2-16-7-8-17-13(10-16)11-18-14-5-3-12(9-15)4-6-14/h3-6,13H,2,7-11H2,1H3. The summed E-state index contributed by atoms with van der Waals surface area (Å²) in [6, 6.07) is 8.47. The Morgan fingerprint density at radius 3 is 2.83 bits per heavy atom. The molecule has 4 heteroatoms. The van der Waals surface area contributed by atoms with Gasteiger partial charge in [-0.1, -0.05) is 19.1 Å². The van der Waals surface area contributed by atoms with Crippen LogP contribution in [0, 0.1) is 0 Å². The van der Waals surface area contributed by atoms with E-state index >= 15 is 0 Å². The summed E-state index contributed by atoms with van der Waals surface area (Å²) in [5.74, 6) is 1.61. The van der Waals surface area contributed by atoms with Crippen LogP contribution in [-0.2, 0) is 10.6 Å². The number of morpholine rings is 1. The second-order valence-electron chi connectivity index (χ2n) is 4.47. The molecule has 1 unspecified atom stereocenters. The number of hydrogen-bond donors (Lipinski definition) is 0. The molecule has 1 heterocycles. The first-order chi connectivity index (χ1) is 8.81. The predicted octanol–water partition coefficient (Wildman–Crippen LogP) is 3.24. The molecule has 2 rings (SSSR count). The number of halogens is 1. The van der Waals surface area contributed by atoms with Gasteiger partial charge < -0.3 is 4.74 Å². The molecule has 1 atom stereocenters. The van der Waals surface area contributed by atoms with Gasteiger partial charge in [0, 0.05) is 29.6 Å². The van der Waals surface area contributed by atoms with E-state index in [0.717, 1.165) is 32.0 Å². The fraction of sp³-hybridized carbons (Fsp3) is 0.571. The molecule has 1 fully saturated rings. The van der Waals surface area contributed by atoms with Gasteiger partial charge in [0.25, 0.3) is 0 Å². The van der Waals surface area contributed by atoms with Gasteiger partial charge in [-0.05, 0) is 24.2 Å². The smallest absolute Gasteiger partial charge is 0.0796 e. The highest BCUT2D eigenvalue weighted by Crippen LogP contribution is 2.22. The lowest BCUT2D eigenvalue weighted by Gasteiger charge is -2.31. The third-order valence-corrected chi connectivity index (χ3v) is 4.64. The molecule has 1 aromatic carbocycles. The minimum absolute atomic E-state index is 0.358. The molecule has 1 aliphatic rings. The summed E-state index contributed by atoms with van der Waals surface area (Å²) in [6.07, 6.45) is 0.358. The fourth-order valence-corrected chi connectivity index (χ4v) is 3.12. The monoisotopic (exact) mass is 285 g/mol. The number of ether oxygens (including phenoxy) is 1. The lowest BCUT2D eigenvalue weighted by atomic mass is 10.2. The van der Waals surface area contributed by atoms with E-state index in [2.05, 4.69) is 36.1 Å². The first-order valence-corrected chi connectivity index (χ1v) is 7.95. The summed E-state index contributed by atoms with van der Waals surface area (Å²) in [6.45, 7) is 6.32. The predicted molar refractivity (Wildman–Crippen MR) is 78.6 cm³/mol. The fourth-order valence-electron chi connectivity index (χ4n) is 2.03. The van der Waals surface area contributed by atoms with Crippen molar-refractivity contribution in [3.63, 3.8) is 0 Å². The molecule has 2 nitrogen and oxygen atoms in total. The molecule has 0 N–H and O–H groups in total. The second-order valence-corrected chi connectivity index (χ2v) is 5.84. The van der Waals surface area contributed by atoms with Gasteiger partial charge in [0.1, 0.15) is 0 Å². The molecule has 0 saturated carbocycles. The molecule has 1 aliphatic heterocycles. The van der Waals surface area contributed by atoms with E-state index in [1.165, 1.54) is 10.5 Å². The van der Waals surface area contributed by atoms with Gasteiger partial charge in [-0.3, -0.25) is 4.90 Å². The first kappa shape index (κ1) is 14.2. The van der Waals surface area contributed by atoms with Crippen molar-refractivity contribution in [2.45, 2.75) is 23.8 Å². The van der Waals surface area contributed by atoms with Crippen LogP contribution in [0.25, 0.3) is 0 Å². The average molecular weight is 286 g/mol. The highest BCUT2D eigenvalue weighted by molar-refractivity contribution is 7.99. The van der Waals surface area contributed by atoms with Crippen molar-refractivity contribution in [2.24, 2.45) is 0 Å². The van der Waals surface area contributed by atoms with Crippen LogP contribution in [0.3, 0.4) is 0 Å². The van der Waals surface area contributed by atoms with Crippen molar-refractivity contribution < 1.29 is 4.74 Å². The van der Waals surface area contributed by atoms with Gasteiger partial charge in [-0.2, -0.15) is 0 Å². The number of rotatable bonds is 5. The molecule has 0 radical (unpaired) electrons. The molecule has 0 aliphatic carbocycles. The van der Waals surface area contributed by atoms with Crippen LogP contribution in [0.1, 0.15) is 12.5 Å².